The first-order valence-corrected chi connectivity index (χ1v) is 9.60. The SMILES string of the molecule is O=S(=O)(c1ccc(NC/C=C/c2ccccc2)nc1)N1CCOCC1. The predicted molar refractivity (Wildman–Crippen MR) is 97.8 cm³/mol. The van der Waals surface area contributed by atoms with Gasteiger partial charge in [-0.2, -0.15) is 4.31 Å². The van der Waals surface area contributed by atoms with Crippen molar-refractivity contribution in [3.05, 3.63) is 60.3 Å². The lowest BCUT2D eigenvalue weighted by atomic mass is 10.2. The molecule has 2 aromatic rings. The predicted octanol–water partition coefficient (Wildman–Crippen LogP) is 2.23. The molecule has 1 fully saturated rings. The van der Waals surface area contributed by atoms with Crippen molar-refractivity contribution >= 4 is 21.9 Å². The Kier molecular flexibility index (Phi) is 5.80. The molecule has 3 rings (SSSR count). The number of aromatic nitrogens is 1. The largest absolute Gasteiger partial charge is 0.379 e. The summed E-state index contributed by atoms with van der Waals surface area (Å²) >= 11 is 0. The Balaban J connectivity index is 1.57. The summed E-state index contributed by atoms with van der Waals surface area (Å²) in [5.74, 6) is 0.638. The lowest BCUT2D eigenvalue weighted by Crippen LogP contribution is -2.40. The molecule has 6 nitrogen and oxygen atoms in total. The molecule has 0 bridgehead atoms. The van der Waals surface area contributed by atoms with Crippen molar-refractivity contribution in [1.82, 2.24) is 9.29 Å². The molecule has 25 heavy (non-hydrogen) atoms. The van der Waals surface area contributed by atoms with Gasteiger partial charge in [0.05, 0.1) is 13.2 Å². The molecule has 0 spiro atoms. The summed E-state index contributed by atoms with van der Waals surface area (Å²) in [5, 5.41) is 3.15. The van der Waals surface area contributed by atoms with E-state index in [4.69, 9.17) is 4.74 Å². The van der Waals surface area contributed by atoms with Crippen LogP contribution in [0.1, 0.15) is 5.56 Å². The molecular weight excluding hydrogens is 338 g/mol. The number of morpholine rings is 1. The first-order valence-electron chi connectivity index (χ1n) is 8.16. The van der Waals surface area contributed by atoms with E-state index in [-0.39, 0.29) is 4.90 Å². The second-order valence-corrected chi connectivity index (χ2v) is 7.53. The molecule has 1 aromatic carbocycles. The fourth-order valence-electron chi connectivity index (χ4n) is 2.50. The third-order valence-corrected chi connectivity index (χ3v) is 5.74. The molecule has 0 aliphatic carbocycles. The Labute approximate surface area is 148 Å². The molecule has 1 aliphatic heterocycles. The van der Waals surface area contributed by atoms with Crippen molar-refractivity contribution in [2.24, 2.45) is 0 Å². The van der Waals surface area contributed by atoms with Crippen LogP contribution in [0.25, 0.3) is 6.08 Å². The molecular formula is C18H21N3O3S. The van der Waals surface area contributed by atoms with Gasteiger partial charge in [0.25, 0.3) is 0 Å². The first kappa shape index (κ1) is 17.6. The fraction of sp³-hybridized carbons (Fsp3) is 0.278. The second kappa shape index (κ2) is 8.24. The van der Waals surface area contributed by atoms with Crippen LogP contribution in [-0.2, 0) is 14.8 Å². The van der Waals surface area contributed by atoms with E-state index < -0.39 is 10.0 Å². The molecule has 2 heterocycles. The first-order chi connectivity index (χ1) is 12.2. The summed E-state index contributed by atoms with van der Waals surface area (Å²) in [4.78, 5) is 4.41. The van der Waals surface area contributed by atoms with E-state index in [0.29, 0.717) is 38.7 Å². The molecule has 0 saturated carbocycles. The minimum atomic E-state index is -3.49. The van der Waals surface area contributed by atoms with Gasteiger partial charge in [0, 0.05) is 25.8 Å². The van der Waals surface area contributed by atoms with Crippen LogP contribution < -0.4 is 5.32 Å². The van der Waals surface area contributed by atoms with Crippen LogP contribution in [0.3, 0.4) is 0 Å². The van der Waals surface area contributed by atoms with Gasteiger partial charge in [0.1, 0.15) is 10.7 Å². The van der Waals surface area contributed by atoms with Crippen molar-refractivity contribution in [3.8, 4) is 0 Å². The third-order valence-electron chi connectivity index (χ3n) is 3.86. The van der Waals surface area contributed by atoms with Crippen LogP contribution in [0.4, 0.5) is 5.82 Å². The van der Waals surface area contributed by atoms with Crippen LogP contribution in [0.2, 0.25) is 0 Å². The Hall–Kier alpha value is -2.22. The van der Waals surface area contributed by atoms with E-state index >= 15 is 0 Å². The molecule has 0 unspecified atom stereocenters. The summed E-state index contributed by atoms with van der Waals surface area (Å²) in [6.45, 7) is 2.23. The number of ether oxygens (including phenoxy) is 1. The smallest absolute Gasteiger partial charge is 0.244 e. The zero-order valence-electron chi connectivity index (χ0n) is 13.8. The number of hydrogen-bond donors (Lipinski definition) is 1. The van der Waals surface area contributed by atoms with E-state index in [9.17, 15) is 8.42 Å². The van der Waals surface area contributed by atoms with Gasteiger partial charge >= 0.3 is 0 Å². The van der Waals surface area contributed by atoms with Gasteiger partial charge in [0.2, 0.25) is 10.0 Å². The maximum absolute atomic E-state index is 12.5. The Bertz CT molecular complexity index is 799. The molecule has 132 valence electrons. The number of pyridine rings is 1. The zero-order valence-corrected chi connectivity index (χ0v) is 14.7. The Morgan fingerprint density at radius 3 is 2.56 bits per heavy atom. The van der Waals surface area contributed by atoms with Crippen molar-refractivity contribution in [1.29, 1.82) is 0 Å². The number of hydrogen-bond acceptors (Lipinski definition) is 5. The van der Waals surface area contributed by atoms with Gasteiger partial charge in [0.15, 0.2) is 0 Å². The summed E-state index contributed by atoms with van der Waals surface area (Å²) < 4.78 is 31.7. The van der Waals surface area contributed by atoms with Crippen molar-refractivity contribution in [2.75, 3.05) is 38.2 Å². The van der Waals surface area contributed by atoms with Crippen LogP contribution in [0.5, 0.6) is 0 Å². The molecule has 1 aliphatic rings. The highest BCUT2D eigenvalue weighted by molar-refractivity contribution is 7.89. The number of anilines is 1. The molecule has 1 saturated heterocycles. The monoisotopic (exact) mass is 359 g/mol. The van der Waals surface area contributed by atoms with Crippen molar-refractivity contribution in [3.63, 3.8) is 0 Å². The van der Waals surface area contributed by atoms with Crippen molar-refractivity contribution < 1.29 is 13.2 Å². The number of benzene rings is 1. The number of sulfonamides is 1. The van der Waals surface area contributed by atoms with Gasteiger partial charge in [-0.05, 0) is 17.7 Å². The topological polar surface area (TPSA) is 71.5 Å². The quantitative estimate of drug-likeness (QED) is 0.856. The maximum atomic E-state index is 12.5. The van der Waals surface area contributed by atoms with Gasteiger partial charge < -0.3 is 10.1 Å². The summed E-state index contributed by atoms with van der Waals surface area (Å²) in [5.41, 5.74) is 1.13. The summed E-state index contributed by atoms with van der Waals surface area (Å²) in [7, 11) is -3.49. The van der Waals surface area contributed by atoms with E-state index in [1.807, 2.05) is 42.5 Å². The van der Waals surface area contributed by atoms with Crippen LogP contribution in [-0.4, -0.2) is 50.6 Å². The summed E-state index contributed by atoms with van der Waals surface area (Å²) in [6, 6.07) is 13.3. The minimum absolute atomic E-state index is 0.208. The second-order valence-electron chi connectivity index (χ2n) is 5.59. The number of rotatable bonds is 6. The van der Waals surface area contributed by atoms with Gasteiger partial charge in [-0.25, -0.2) is 13.4 Å². The molecule has 0 amide bonds. The van der Waals surface area contributed by atoms with E-state index in [2.05, 4.69) is 10.3 Å². The highest BCUT2D eigenvalue weighted by Gasteiger charge is 2.26. The van der Waals surface area contributed by atoms with Crippen LogP contribution >= 0.6 is 0 Å². The fourth-order valence-corrected chi connectivity index (χ4v) is 3.85. The van der Waals surface area contributed by atoms with E-state index in [1.54, 1.807) is 12.1 Å². The lowest BCUT2D eigenvalue weighted by Gasteiger charge is -2.25. The van der Waals surface area contributed by atoms with Gasteiger partial charge in [-0.1, -0.05) is 42.5 Å². The molecule has 1 N–H and O–H groups in total. The normalized spacial score (nSPS) is 16.2. The third kappa shape index (κ3) is 4.66. The van der Waals surface area contributed by atoms with Crippen LogP contribution in [0.15, 0.2) is 59.6 Å². The zero-order chi connectivity index (χ0) is 17.5. The average Bonchev–Trinajstić information content (AvgIpc) is 2.67. The average molecular weight is 359 g/mol. The maximum Gasteiger partial charge on any atom is 0.244 e. The highest BCUT2D eigenvalue weighted by atomic mass is 32.2. The number of nitrogens with zero attached hydrogens (tertiary/aromatic N) is 2. The summed E-state index contributed by atoms with van der Waals surface area (Å²) in [6.07, 6.45) is 5.41. The Morgan fingerprint density at radius 1 is 1.12 bits per heavy atom. The van der Waals surface area contributed by atoms with E-state index in [0.717, 1.165) is 5.56 Å². The Morgan fingerprint density at radius 2 is 1.88 bits per heavy atom. The molecule has 0 radical (unpaired) electrons. The van der Waals surface area contributed by atoms with Gasteiger partial charge in [-0.15, -0.1) is 0 Å². The lowest BCUT2D eigenvalue weighted by molar-refractivity contribution is 0.0730. The van der Waals surface area contributed by atoms with E-state index in [1.165, 1.54) is 10.5 Å². The molecule has 0 atom stereocenters. The number of nitrogens with one attached hydrogen (secondary N) is 1. The minimum Gasteiger partial charge on any atom is -0.379 e. The molecule has 7 heteroatoms. The van der Waals surface area contributed by atoms with Crippen molar-refractivity contribution in [2.45, 2.75) is 4.90 Å². The standard InChI is InChI=1S/C18H21N3O3S/c22-25(23,21-11-13-24-14-12-21)17-8-9-18(20-15-17)19-10-4-7-16-5-2-1-3-6-16/h1-9,15H,10-14H2,(H,19,20)/b7-4+. The van der Waals surface area contributed by atoms with Crippen LogP contribution in [0, 0.1) is 0 Å². The highest BCUT2D eigenvalue weighted by Crippen LogP contribution is 2.17. The molecule has 1 aromatic heterocycles. The van der Waals surface area contributed by atoms with Gasteiger partial charge in [-0.3, -0.25) is 0 Å².